The van der Waals surface area contributed by atoms with Crippen molar-refractivity contribution in [2.24, 2.45) is 5.73 Å². The average Bonchev–Trinajstić information content (AvgIpc) is 3.08. The summed E-state index contributed by atoms with van der Waals surface area (Å²) >= 11 is 1.26. The van der Waals surface area contributed by atoms with Gasteiger partial charge in [-0.3, -0.25) is 14.2 Å². The Kier molecular flexibility index (Phi) is 3.64. The number of thiophene rings is 1. The highest BCUT2D eigenvalue weighted by molar-refractivity contribution is 7.12. The molecule has 0 radical (unpaired) electrons. The van der Waals surface area contributed by atoms with Crippen molar-refractivity contribution >= 4 is 34.2 Å². The molecule has 3 aromatic rings. The van der Waals surface area contributed by atoms with Crippen LogP contribution in [0, 0.1) is 0 Å². The van der Waals surface area contributed by atoms with Crippen LogP contribution in [0.3, 0.4) is 0 Å². The third kappa shape index (κ3) is 2.58. The summed E-state index contributed by atoms with van der Waals surface area (Å²) in [5.41, 5.74) is 7.73. The molecule has 0 aliphatic heterocycles. The molecule has 6 nitrogen and oxygen atoms in total. The number of nitrogens with zero attached hydrogens (tertiary/aromatic N) is 2. The molecule has 3 N–H and O–H groups in total. The lowest BCUT2D eigenvalue weighted by Crippen LogP contribution is -2.08. The van der Waals surface area contributed by atoms with E-state index >= 15 is 0 Å². The van der Waals surface area contributed by atoms with E-state index in [1.165, 1.54) is 11.3 Å². The van der Waals surface area contributed by atoms with Gasteiger partial charge >= 0.3 is 5.97 Å². The average molecular weight is 315 g/mol. The van der Waals surface area contributed by atoms with Gasteiger partial charge < -0.3 is 10.8 Å². The number of para-hydroxylation sites is 2. The summed E-state index contributed by atoms with van der Waals surface area (Å²) in [5, 5.41) is 10.7. The summed E-state index contributed by atoms with van der Waals surface area (Å²) in [6, 6.07) is 9.25. The lowest BCUT2D eigenvalue weighted by Gasteiger charge is -2.06. The van der Waals surface area contributed by atoms with Gasteiger partial charge in [-0.2, -0.15) is 0 Å². The van der Waals surface area contributed by atoms with E-state index in [-0.39, 0.29) is 6.42 Å². The monoisotopic (exact) mass is 315 g/mol. The second-order valence-corrected chi connectivity index (χ2v) is 5.69. The van der Waals surface area contributed by atoms with Crippen molar-refractivity contribution in [3.8, 4) is 5.69 Å². The Morgan fingerprint density at radius 2 is 2.09 bits per heavy atom. The zero-order valence-corrected chi connectivity index (χ0v) is 12.3. The highest BCUT2D eigenvalue weighted by Crippen LogP contribution is 2.26. The lowest BCUT2D eigenvalue weighted by molar-refractivity contribution is -0.137. The van der Waals surface area contributed by atoms with Gasteiger partial charge in [0.25, 0.3) is 5.91 Å². The molecule has 0 saturated carbocycles. The van der Waals surface area contributed by atoms with Crippen LogP contribution >= 0.6 is 11.3 Å². The number of aromatic nitrogens is 2. The molecular formula is C15H13N3O3S. The van der Waals surface area contributed by atoms with Crippen LogP contribution < -0.4 is 5.73 Å². The van der Waals surface area contributed by atoms with E-state index in [0.29, 0.717) is 17.1 Å². The predicted molar refractivity (Wildman–Crippen MR) is 83.4 cm³/mol. The first-order chi connectivity index (χ1) is 10.6. The molecule has 0 atom stereocenters. The van der Waals surface area contributed by atoms with Gasteiger partial charge in [0.05, 0.1) is 28.0 Å². The third-order valence-corrected chi connectivity index (χ3v) is 4.21. The number of carbonyl (C=O) groups excluding carboxylic acids is 1. The number of amides is 1. The number of nitrogens with two attached hydrogens (primary N) is 1. The van der Waals surface area contributed by atoms with Crippen molar-refractivity contribution in [3.05, 3.63) is 46.4 Å². The molecule has 0 aliphatic rings. The lowest BCUT2D eigenvalue weighted by atomic mass is 10.3. The van der Waals surface area contributed by atoms with Crippen molar-refractivity contribution in [3.63, 3.8) is 0 Å². The van der Waals surface area contributed by atoms with Gasteiger partial charge in [-0.15, -0.1) is 11.3 Å². The number of hydrogen-bond acceptors (Lipinski definition) is 4. The molecule has 0 unspecified atom stereocenters. The Bertz CT molecular complexity index is 866. The molecule has 3 rings (SSSR count). The fraction of sp³-hybridized carbons (Fsp3) is 0.133. The number of carbonyl (C=O) groups is 2. The van der Waals surface area contributed by atoms with E-state index < -0.39 is 11.9 Å². The first-order valence-electron chi connectivity index (χ1n) is 6.63. The molecule has 1 amide bonds. The number of primary amides is 1. The molecule has 0 aliphatic carbocycles. The number of imidazole rings is 1. The Morgan fingerprint density at radius 3 is 2.77 bits per heavy atom. The van der Waals surface area contributed by atoms with Crippen LogP contribution in [0.15, 0.2) is 35.7 Å². The highest BCUT2D eigenvalue weighted by atomic mass is 32.1. The van der Waals surface area contributed by atoms with E-state index in [9.17, 15) is 9.59 Å². The van der Waals surface area contributed by atoms with E-state index in [1.807, 2.05) is 34.2 Å². The normalized spacial score (nSPS) is 10.9. The maximum Gasteiger partial charge on any atom is 0.303 e. The van der Waals surface area contributed by atoms with E-state index in [2.05, 4.69) is 4.98 Å². The number of carboxylic acids is 1. The van der Waals surface area contributed by atoms with Crippen LogP contribution in [0.5, 0.6) is 0 Å². The van der Waals surface area contributed by atoms with Crippen LogP contribution in [-0.2, 0) is 11.2 Å². The molecular weight excluding hydrogens is 302 g/mol. The van der Waals surface area contributed by atoms with Crippen LogP contribution in [0.2, 0.25) is 0 Å². The van der Waals surface area contributed by atoms with Crippen LogP contribution in [0.1, 0.15) is 21.9 Å². The summed E-state index contributed by atoms with van der Waals surface area (Å²) in [5.74, 6) is -0.702. The number of hydrogen-bond donors (Lipinski definition) is 2. The van der Waals surface area contributed by atoms with Crippen molar-refractivity contribution < 1.29 is 14.7 Å². The number of carboxylic acid groups (broad SMARTS) is 1. The molecule has 2 aromatic heterocycles. The molecule has 22 heavy (non-hydrogen) atoms. The Hall–Kier alpha value is -2.67. The second-order valence-electron chi connectivity index (χ2n) is 4.78. The topological polar surface area (TPSA) is 98.2 Å². The first-order valence-corrected chi connectivity index (χ1v) is 7.51. The summed E-state index contributed by atoms with van der Waals surface area (Å²) in [7, 11) is 0. The third-order valence-electron chi connectivity index (χ3n) is 3.28. The van der Waals surface area contributed by atoms with E-state index in [1.54, 1.807) is 6.07 Å². The van der Waals surface area contributed by atoms with Gasteiger partial charge in [-0.05, 0) is 18.2 Å². The predicted octanol–water partition coefficient (Wildman–Crippen LogP) is 2.20. The smallest absolute Gasteiger partial charge is 0.303 e. The SMILES string of the molecule is NC(=O)c1cc(-n2c(CCC(=O)O)nc3ccccc32)cs1. The fourth-order valence-corrected chi connectivity index (χ4v) is 3.05. The van der Waals surface area contributed by atoms with Gasteiger partial charge in [0.1, 0.15) is 5.82 Å². The quantitative estimate of drug-likeness (QED) is 0.754. The number of benzene rings is 1. The van der Waals surface area contributed by atoms with E-state index in [4.69, 9.17) is 10.8 Å². The Morgan fingerprint density at radius 1 is 1.32 bits per heavy atom. The molecule has 2 heterocycles. The van der Waals surface area contributed by atoms with Gasteiger partial charge in [0, 0.05) is 11.8 Å². The molecule has 7 heteroatoms. The zero-order valence-electron chi connectivity index (χ0n) is 11.5. The maximum absolute atomic E-state index is 11.3. The molecule has 112 valence electrons. The largest absolute Gasteiger partial charge is 0.481 e. The number of fused-ring (bicyclic) bond motifs is 1. The summed E-state index contributed by atoms with van der Waals surface area (Å²) in [4.78, 5) is 27.1. The number of aliphatic carboxylic acids is 1. The summed E-state index contributed by atoms with van der Waals surface area (Å²) in [6.45, 7) is 0. The van der Waals surface area contributed by atoms with Crippen molar-refractivity contribution in [1.82, 2.24) is 9.55 Å². The maximum atomic E-state index is 11.3. The summed E-state index contributed by atoms with van der Waals surface area (Å²) in [6.07, 6.45) is 0.307. The van der Waals surface area contributed by atoms with E-state index in [0.717, 1.165) is 16.7 Å². The van der Waals surface area contributed by atoms with Crippen molar-refractivity contribution in [2.75, 3.05) is 0 Å². The molecule has 0 bridgehead atoms. The molecule has 0 fully saturated rings. The van der Waals surface area contributed by atoms with Gasteiger partial charge in [0.2, 0.25) is 0 Å². The number of aryl methyl sites for hydroxylation is 1. The first kappa shape index (κ1) is 14.3. The fourth-order valence-electron chi connectivity index (χ4n) is 2.32. The van der Waals surface area contributed by atoms with Crippen LogP contribution in [0.4, 0.5) is 0 Å². The minimum atomic E-state index is -0.873. The van der Waals surface area contributed by atoms with Crippen LogP contribution in [0.25, 0.3) is 16.7 Å². The van der Waals surface area contributed by atoms with Crippen LogP contribution in [-0.4, -0.2) is 26.5 Å². The minimum absolute atomic E-state index is 0.00383. The molecule has 0 saturated heterocycles. The Labute approximate surface area is 129 Å². The Balaban J connectivity index is 2.13. The molecule has 0 spiro atoms. The van der Waals surface area contributed by atoms with Gasteiger partial charge in [-0.25, -0.2) is 4.98 Å². The van der Waals surface area contributed by atoms with Crippen molar-refractivity contribution in [1.29, 1.82) is 0 Å². The summed E-state index contributed by atoms with van der Waals surface area (Å²) < 4.78 is 1.88. The van der Waals surface area contributed by atoms with Gasteiger partial charge in [-0.1, -0.05) is 12.1 Å². The second kappa shape index (κ2) is 5.61. The minimum Gasteiger partial charge on any atom is -0.481 e. The zero-order chi connectivity index (χ0) is 15.7. The van der Waals surface area contributed by atoms with Gasteiger partial charge in [0.15, 0.2) is 0 Å². The van der Waals surface area contributed by atoms with Crippen molar-refractivity contribution in [2.45, 2.75) is 12.8 Å². The highest BCUT2D eigenvalue weighted by Gasteiger charge is 2.15. The number of rotatable bonds is 5. The standard InChI is InChI=1S/C15H13N3O3S/c16-15(21)12-7-9(8-22-12)18-11-4-2-1-3-10(11)17-13(18)5-6-14(19)20/h1-4,7-8H,5-6H2,(H2,16,21)(H,19,20). The molecule has 1 aromatic carbocycles.